The van der Waals surface area contributed by atoms with Gasteiger partial charge in [0.25, 0.3) is 0 Å². The van der Waals surface area contributed by atoms with Crippen molar-refractivity contribution in [1.82, 2.24) is 4.90 Å². The van der Waals surface area contributed by atoms with E-state index >= 15 is 0 Å². The van der Waals surface area contributed by atoms with Crippen LogP contribution in [0.2, 0.25) is 0 Å². The van der Waals surface area contributed by atoms with Gasteiger partial charge < -0.3 is 15.1 Å². The first-order valence-electron chi connectivity index (χ1n) is 13.4. The largest absolute Gasteiger partial charge is 0.393 e. The van der Waals surface area contributed by atoms with Gasteiger partial charge in [-0.3, -0.25) is 0 Å². The molecule has 0 spiro atoms. The van der Waals surface area contributed by atoms with E-state index in [1.165, 1.54) is 31.3 Å². The van der Waals surface area contributed by atoms with Crippen LogP contribution in [0.25, 0.3) is 0 Å². The van der Waals surface area contributed by atoms with Crippen molar-refractivity contribution in [2.45, 2.75) is 103 Å². The second-order valence-corrected chi connectivity index (χ2v) is 12.1. The lowest BCUT2D eigenvalue weighted by atomic mass is 9.61. The number of aliphatic hydroxyl groups is 2. The number of fused-ring (bicyclic) bond motifs is 1. The van der Waals surface area contributed by atoms with E-state index in [2.05, 4.69) is 30.9 Å². The number of allylic oxidation sites excluding steroid dienone is 3. The third-order valence-electron chi connectivity index (χ3n) is 9.69. The topological polar surface area (TPSA) is 43.7 Å². The number of likely N-dealkylation sites (tertiary alicyclic amines) is 1. The van der Waals surface area contributed by atoms with Crippen LogP contribution in [0.4, 0.5) is 8.78 Å². The van der Waals surface area contributed by atoms with Crippen LogP contribution < -0.4 is 0 Å². The van der Waals surface area contributed by atoms with E-state index in [1.807, 2.05) is 0 Å². The molecule has 4 fully saturated rings. The molecule has 0 bridgehead atoms. The lowest BCUT2D eigenvalue weighted by molar-refractivity contribution is -0.0353. The van der Waals surface area contributed by atoms with Crippen LogP contribution in [0.15, 0.2) is 23.3 Å². The molecule has 5 heteroatoms. The van der Waals surface area contributed by atoms with E-state index in [0.717, 1.165) is 32.9 Å². The smallest absolute Gasteiger partial charge is 0.249 e. The summed E-state index contributed by atoms with van der Waals surface area (Å²) in [5, 5.41) is 20.0. The number of rotatable bonds is 6. The van der Waals surface area contributed by atoms with Crippen molar-refractivity contribution in [2.75, 3.05) is 19.6 Å². The fourth-order valence-corrected chi connectivity index (χ4v) is 7.78. The molecule has 1 heterocycles. The summed E-state index contributed by atoms with van der Waals surface area (Å²) in [4.78, 5) is 2.26. The quantitative estimate of drug-likeness (QED) is 0.508. The molecule has 0 amide bonds. The van der Waals surface area contributed by atoms with Gasteiger partial charge in [-0.05, 0) is 107 Å². The summed E-state index contributed by atoms with van der Waals surface area (Å²) < 4.78 is 27.4. The molecule has 3 nitrogen and oxygen atoms in total. The molecular formula is C28H45F2NO2. The zero-order chi connectivity index (χ0) is 23.8. The fraction of sp³-hybridized carbons (Fsp3) is 0.857. The van der Waals surface area contributed by atoms with Gasteiger partial charge >= 0.3 is 0 Å². The third-order valence-corrected chi connectivity index (χ3v) is 9.69. The number of aliphatic hydroxyl groups excluding tert-OH is 2. The summed E-state index contributed by atoms with van der Waals surface area (Å²) in [6.45, 7) is 8.28. The number of hydrogen-bond donors (Lipinski definition) is 2. The van der Waals surface area contributed by atoms with E-state index in [4.69, 9.17) is 0 Å². The summed E-state index contributed by atoms with van der Waals surface area (Å²) in [6, 6.07) is 0. The maximum atomic E-state index is 13.7. The lowest BCUT2D eigenvalue weighted by Crippen LogP contribution is -2.37. The zero-order valence-corrected chi connectivity index (χ0v) is 20.9. The Morgan fingerprint density at radius 2 is 1.88 bits per heavy atom. The monoisotopic (exact) mass is 465 g/mol. The van der Waals surface area contributed by atoms with Crippen molar-refractivity contribution < 1.29 is 19.0 Å². The Hall–Kier alpha value is -0.780. The Kier molecular flexibility index (Phi) is 7.72. The van der Waals surface area contributed by atoms with E-state index in [9.17, 15) is 19.0 Å². The Morgan fingerprint density at radius 3 is 2.55 bits per heavy atom. The predicted molar refractivity (Wildman–Crippen MR) is 129 cm³/mol. The highest BCUT2D eigenvalue weighted by Gasteiger charge is 2.50. The van der Waals surface area contributed by atoms with E-state index in [0.29, 0.717) is 55.4 Å². The summed E-state index contributed by atoms with van der Waals surface area (Å²) >= 11 is 0. The van der Waals surface area contributed by atoms with Crippen molar-refractivity contribution in [3.8, 4) is 0 Å². The number of nitrogens with zero attached hydrogens (tertiary/aromatic N) is 1. The molecule has 2 N–H and O–H groups in total. The average Bonchev–Trinajstić information content (AvgIpc) is 3.34. The molecule has 1 aliphatic heterocycles. The summed E-state index contributed by atoms with van der Waals surface area (Å²) in [6.07, 6.45) is 13.5. The van der Waals surface area contributed by atoms with Crippen LogP contribution in [-0.2, 0) is 0 Å². The third kappa shape index (κ3) is 5.73. The second kappa shape index (κ2) is 10.1. The maximum absolute atomic E-state index is 13.7. The normalized spacial score (nSPS) is 40.3. The molecule has 2 unspecified atom stereocenters. The van der Waals surface area contributed by atoms with Crippen molar-refractivity contribution in [3.63, 3.8) is 0 Å². The molecule has 3 saturated carbocycles. The fourth-order valence-electron chi connectivity index (χ4n) is 7.78. The molecule has 0 aromatic carbocycles. The Bertz CT molecular complexity index is 733. The molecule has 188 valence electrons. The molecule has 0 aromatic rings. The predicted octanol–water partition coefficient (Wildman–Crippen LogP) is 5.96. The molecule has 4 aliphatic rings. The van der Waals surface area contributed by atoms with Gasteiger partial charge in [-0.25, -0.2) is 8.78 Å². The van der Waals surface area contributed by atoms with Gasteiger partial charge in [-0.15, -0.1) is 0 Å². The number of halogens is 2. The van der Waals surface area contributed by atoms with Crippen molar-refractivity contribution in [1.29, 1.82) is 0 Å². The zero-order valence-electron chi connectivity index (χ0n) is 20.9. The molecule has 7 atom stereocenters. The average molecular weight is 466 g/mol. The minimum Gasteiger partial charge on any atom is -0.393 e. The van der Waals surface area contributed by atoms with Crippen molar-refractivity contribution in [3.05, 3.63) is 23.3 Å². The van der Waals surface area contributed by atoms with Crippen LogP contribution >= 0.6 is 0 Å². The summed E-state index contributed by atoms with van der Waals surface area (Å²) in [7, 11) is 0. The molecular weight excluding hydrogens is 420 g/mol. The van der Waals surface area contributed by atoms with Crippen LogP contribution in [0.3, 0.4) is 0 Å². The second-order valence-electron chi connectivity index (χ2n) is 12.1. The first-order valence-corrected chi connectivity index (χ1v) is 13.4. The SMILES string of the molecule is CC(CCN1CCC(C(C)(F)F)C1)[C@H]1CC[C@H]2C(=CC=C3C[C@@H](O)C[C@H](O)C3)CCC[C@]12C. The van der Waals surface area contributed by atoms with Gasteiger partial charge in [-0.2, -0.15) is 0 Å². The maximum Gasteiger partial charge on any atom is 0.249 e. The summed E-state index contributed by atoms with van der Waals surface area (Å²) in [5.41, 5.74) is 3.07. The Balaban J connectivity index is 1.36. The van der Waals surface area contributed by atoms with Gasteiger partial charge in [0.1, 0.15) is 0 Å². The van der Waals surface area contributed by atoms with Crippen LogP contribution in [0.5, 0.6) is 0 Å². The molecule has 33 heavy (non-hydrogen) atoms. The van der Waals surface area contributed by atoms with Crippen LogP contribution in [-0.4, -0.2) is 52.9 Å². The van der Waals surface area contributed by atoms with E-state index in [1.54, 1.807) is 5.57 Å². The van der Waals surface area contributed by atoms with Gasteiger partial charge in [0.15, 0.2) is 0 Å². The van der Waals surface area contributed by atoms with Crippen molar-refractivity contribution >= 4 is 0 Å². The summed E-state index contributed by atoms with van der Waals surface area (Å²) in [5.74, 6) is -1.09. The molecule has 0 radical (unpaired) electrons. The Morgan fingerprint density at radius 1 is 1.15 bits per heavy atom. The highest BCUT2D eigenvalue weighted by atomic mass is 19.3. The van der Waals surface area contributed by atoms with Gasteiger partial charge in [0.05, 0.1) is 12.2 Å². The van der Waals surface area contributed by atoms with Crippen LogP contribution in [0.1, 0.15) is 85.0 Å². The minimum absolute atomic E-state index is 0.331. The highest BCUT2D eigenvalue weighted by Crippen LogP contribution is 2.59. The first-order chi connectivity index (χ1) is 15.6. The van der Waals surface area contributed by atoms with Crippen molar-refractivity contribution in [2.24, 2.45) is 29.1 Å². The standard InChI is InChI=1S/C28H45F2NO2/c1-19(10-13-31-14-11-22(18-31)28(3,29)30)25-8-9-26-21(5-4-12-27(25,26)2)7-6-20-15-23(32)17-24(33)16-20/h6-7,19,22-26,32-33H,4-5,8-18H2,1-3H3/t19?,22?,23-,24-,25-,26+,27-/m1/s1. The molecule has 0 aromatic heterocycles. The van der Waals surface area contributed by atoms with Gasteiger partial charge in [0, 0.05) is 12.5 Å². The van der Waals surface area contributed by atoms with E-state index in [-0.39, 0.29) is 0 Å². The number of alkyl halides is 2. The lowest BCUT2D eigenvalue weighted by Gasteiger charge is -2.44. The first kappa shape index (κ1) is 25.3. The molecule has 1 saturated heterocycles. The van der Waals surface area contributed by atoms with Gasteiger partial charge in [-0.1, -0.05) is 37.1 Å². The molecule has 4 rings (SSSR count). The van der Waals surface area contributed by atoms with Gasteiger partial charge in [0.2, 0.25) is 5.92 Å². The minimum atomic E-state index is -2.56. The number of hydrogen-bond acceptors (Lipinski definition) is 3. The Labute approximate surface area is 199 Å². The molecule has 3 aliphatic carbocycles. The highest BCUT2D eigenvalue weighted by molar-refractivity contribution is 5.26. The van der Waals surface area contributed by atoms with Crippen LogP contribution in [0, 0.1) is 29.1 Å². The van der Waals surface area contributed by atoms with E-state index < -0.39 is 24.0 Å².